The van der Waals surface area contributed by atoms with Crippen molar-refractivity contribution in [2.45, 2.75) is 71.3 Å². The summed E-state index contributed by atoms with van der Waals surface area (Å²) < 4.78 is 0. The maximum atomic E-state index is 11.2. The highest BCUT2D eigenvalue weighted by atomic mass is 16.3. The fraction of sp³-hybridized carbons (Fsp3) is 1.00. The zero-order valence-electron chi connectivity index (χ0n) is 13.0. The summed E-state index contributed by atoms with van der Waals surface area (Å²) >= 11 is 0. The fourth-order valence-electron chi connectivity index (χ4n) is 5.40. The summed E-state index contributed by atoms with van der Waals surface area (Å²) in [6.07, 6.45) is 8.54. The average Bonchev–Trinajstić information content (AvgIpc) is 2.95. The van der Waals surface area contributed by atoms with Crippen LogP contribution in [0.1, 0.15) is 65.7 Å². The topological polar surface area (TPSA) is 23.5 Å². The van der Waals surface area contributed by atoms with Crippen LogP contribution in [0.3, 0.4) is 0 Å². The minimum atomic E-state index is -0.390. The lowest BCUT2D eigenvalue weighted by atomic mass is 9.63. The quantitative estimate of drug-likeness (QED) is 0.841. The first-order valence-corrected chi connectivity index (χ1v) is 8.34. The lowest BCUT2D eigenvalue weighted by molar-refractivity contribution is -0.0964. The second-order valence-corrected chi connectivity index (χ2v) is 8.18. The van der Waals surface area contributed by atoms with E-state index >= 15 is 0 Å². The molecule has 0 aromatic rings. The molecule has 1 N–H and O–H groups in total. The summed E-state index contributed by atoms with van der Waals surface area (Å²) in [6.45, 7) is 10.9. The Hall–Kier alpha value is -0.0800. The van der Waals surface area contributed by atoms with E-state index in [2.05, 4.69) is 25.7 Å². The number of aliphatic hydroxyl groups is 1. The van der Waals surface area contributed by atoms with Gasteiger partial charge in [-0.2, -0.15) is 0 Å². The predicted octanol–water partition coefficient (Wildman–Crippen LogP) is 3.44. The number of nitrogens with zero attached hydrogens (tertiary/aromatic N) is 1. The molecule has 1 saturated heterocycles. The summed E-state index contributed by atoms with van der Waals surface area (Å²) in [7, 11) is 0. The van der Waals surface area contributed by atoms with Gasteiger partial charge in [-0.25, -0.2) is 0 Å². The van der Waals surface area contributed by atoms with E-state index in [0.717, 1.165) is 18.8 Å². The minimum Gasteiger partial charge on any atom is -0.389 e. The maximum absolute atomic E-state index is 11.2. The van der Waals surface area contributed by atoms with Crippen LogP contribution >= 0.6 is 0 Å². The Kier molecular flexibility index (Phi) is 3.26. The third kappa shape index (κ3) is 1.90. The van der Waals surface area contributed by atoms with Crippen molar-refractivity contribution in [3.8, 4) is 0 Å². The summed E-state index contributed by atoms with van der Waals surface area (Å²) in [5.41, 5.74) is 0.0875. The third-order valence-corrected chi connectivity index (χ3v) is 7.31. The monoisotopic (exact) mass is 265 g/mol. The lowest BCUT2D eigenvalue weighted by Crippen LogP contribution is -2.47. The van der Waals surface area contributed by atoms with Gasteiger partial charge in [0.25, 0.3) is 0 Å². The molecule has 0 spiro atoms. The van der Waals surface area contributed by atoms with E-state index in [1.807, 2.05) is 0 Å². The van der Waals surface area contributed by atoms with Crippen LogP contribution in [0.5, 0.6) is 0 Å². The Morgan fingerprint density at radius 2 is 1.84 bits per heavy atom. The van der Waals surface area contributed by atoms with E-state index in [1.54, 1.807) is 0 Å². The second kappa shape index (κ2) is 4.46. The van der Waals surface area contributed by atoms with Gasteiger partial charge in [0.2, 0.25) is 0 Å². The zero-order valence-corrected chi connectivity index (χ0v) is 13.0. The molecule has 2 nitrogen and oxygen atoms in total. The van der Waals surface area contributed by atoms with Gasteiger partial charge in [-0.1, -0.05) is 20.8 Å². The first-order valence-electron chi connectivity index (χ1n) is 8.34. The lowest BCUT2D eigenvalue weighted by Gasteiger charge is -2.45. The Morgan fingerprint density at radius 1 is 1.16 bits per heavy atom. The van der Waals surface area contributed by atoms with E-state index in [9.17, 15) is 5.11 Å². The molecule has 2 bridgehead atoms. The summed E-state index contributed by atoms with van der Waals surface area (Å²) in [6, 6.07) is 0. The molecule has 2 saturated carbocycles. The van der Waals surface area contributed by atoms with E-state index < -0.39 is 0 Å². The van der Waals surface area contributed by atoms with Gasteiger partial charge in [0.05, 0.1) is 5.60 Å². The highest BCUT2D eigenvalue weighted by molar-refractivity contribution is 5.17. The molecule has 0 radical (unpaired) electrons. The highest BCUT2D eigenvalue weighted by Gasteiger charge is 2.67. The van der Waals surface area contributed by atoms with Crippen LogP contribution in [0.15, 0.2) is 0 Å². The molecule has 2 aliphatic carbocycles. The van der Waals surface area contributed by atoms with E-state index in [4.69, 9.17) is 0 Å². The standard InChI is InChI=1S/C17H31NO/c1-15(2)14-7-9-16(15,3)17(19,13-14)8-6-12-18-10-4-5-11-18/h14,19H,4-13H2,1-3H3/t14-,16+,17-/m0/s1. The smallest absolute Gasteiger partial charge is 0.0709 e. The van der Waals surface area contributed by atoms with Gasteiger partial charge >= 0.3 is 0 Å². The van der Waals surface area contributed by atoms with Crippen LogP contribution in [0, 0.1) is 16.7 Å². The first-order chi connectivity index (χ1) is 8.89. The summed E-state index contributed by atoms with van der Waals surface area (Å²) in [5.74, 6) is 0.745. The van der Waals surface area contributed by atoms with Gasteiger partial charge in [0.15, 0.2) is 0 Å². The van der Waals surface area contributed by atoms with Crippen molar-refractivity contribution in [2.75, 3.05) is 19.6 Å². The van der Waals surface area contributed by atoms with Crippen molar-refractivity contribution in [1.29, 1.82) is 0 Å². The fourth-order valence-corrected chi connectivity index (χ4v) is 5.40. The van der Waals surface area contributed by atoms with Gasteiger partial charge in [0, 0.05) is 5.41 Å². The molecule has 3 fully saturated rings. The SMILES string of the molecule is CC1(C)[C@H]2CC[C@@]1(C)[C@](O)(CCCN1CCCC1)C2. The Bertz CT molecular complexity index is 347. The maximum Gasteiger partial charge on any atom is 0.0709 e. The van der Waals surface area contributed by atoms with Gasteiger partial charge in [-0.3, -0.25) is 0 Å². The Labute approximate surface area is 118 Å². The van der Waals surface area contributed by atoms with Gasteiger partial charge in [-0.15, -0.1) is 0 Å². The Morgan fingerprint density at radius 3 is 2.37 bits per heavy atom. The van der Waals surface area contributed by atoms with Crippen molar-refractivity contribution in [2.24, 2.45) is 16.7 Å². The number of fused-ring (bicyclic) bond motifs is 2. The summed E-state index contributed by atoms with van der Waals surface area (Å²) in [4.78, 5) is 2.57. The minimum absolute atomic E-state index is 0.148. The molecule has 0 aromatic carbocycles. The zero-order chi connectivity index (χ0) is 13.7. The van der Waals surface area contributed by atoms with Crippen molar-refractivity contribution in [3.63, 3.8) is 0 Å². The molecule has 3 rings (SSSR count). The van der Waals surface area contributed by atoms with Gasteiger partial charge in [0.1, 0.15) is 0 Å². The molecule has 3 atom stereocenters. The van der Waals surface area contributed by atoms with E-state index in [1.165, 1.54) is 51.7 Å². The van der Waals surface area contributed by atoms with Crippen LogP contribution in [0.2, 0.25) is 0 Å². The molecule has 0 unspecified atom stereocenters. The molecule has 0 aromatic heterocycles. The van der Waals surface area contributed by atoms with Crippen LogP contribution in [-0.2, 0) is 0 Å². The van der Waals surface area contributed by atoms with E-state index in [0.29, 0.717) is 5.41 Å². The first kappa shape index (κ1) is 13.9. The Balaban J connectivity index is 1.61. The molecule has 3 aliphatic rings. The van der Waals surface area contributed by atoms with Crippen molar-refractivity contribution >= 4 is 0 Å². The van der Waals surface area contributed by atoms with E-state index in [-0.39, 0.29) is 11.0 Å². The predicted molar refractivity (Wildman–Crippen MR) is 79.1 cm³/mol. The molecule has 110 valence electrons. The van der Waals surface area contributed by atoms with Crippen LogP contribution in [0.4, 0.5) is 0 Å². The number of rotatable bonds is 4. The van der Waals surface area contributed by atoms with Crippen LogP contribution < -0.4 is 0 Å². The molecule has 19 heavy (non-hydrogen) atoms. The highest BCUT2D eigenvalue weighted by Crippen LogP contribution is 2.70. The van der Waals surface area contributed by atoms with Gasteiger partial charge < -0.3 is 10.0 Å². The second-order valence-electron chi connectivity index (χ2n) is 8.18. The molecule has 1 heterocycles. The number of hydrogen-bond acceptors (Lipinski definition) is 2. The van der Waals surface area contributed by atoms with Crippen molar-refractivity contribution in [1.82, 2.24) is 4.90 Å². The number of likely N-dealkylation sites (tertiary alicyclic amines) is 1. The number of hydrogen-bond donors (Lipinski definition) is 1. The average molecular weight is 265 g/mol. The van der Waals surface area contributed by atoms with Crippen LogP contribution in [0.25, 0.3) is 0 Å². The molecular formula is C17H31NO. The summed E-state index contributed by atoms with van der Waals surface area (Å²) in [5, 5.41) is 11.2. The van der Waals surface area contributed by atoms with Crippen molar-refractivity contribution in [3.05, 3.63) is 0 Å². The largest absolute Gasteiger partial charge is 0.389 e. The van der Waals surface area contributed by atoms with Crippen molar-refractivity contribution < 1.29 is 5.11 Å². The normalized spacial score (nSPS) is 45.2. The van der Waals surface area contributed by atoms with Crippen LogP contribution in [-0.4, -0.2) is 35.2 Å². The molecular weight excluding hydrogens is 234 g/mol. The molecule has 1 aliphatic heterocycles. The van der Waals surface area contributed by atoms with Gasteiger partial charge in [-0.05, 0) is 75.9 Å². The third-order valence-electron chi connectivity index (χ3n) is 7.31. The molecule has 2 heteroatoms. The molecule has 0 amide bonds.